The number of aromatic amines is 1. The first kappa shape index (κ1) is 22.8. The minimum absolute atomic E-state index is 0.0465. The highest BCUT2D eigenvalue weighted by Gasteiger charge is 2.28. The minimum atomic E-state index is -3.99. The smallest absolute Gasteiger partial charge is 0.256 e. The quantitative estimate of drug-likeness (QED) is 0.403. The molecular weight excluding hydrogens is 440 g/mol. The van der Waals surface area contributed by atoms with E-state index in [1.165, 1.54) is 18.2 Å². The van der Waals surface area contributed by atoms with Gasteiger partial charge in [0.15, 0.2) is 0 Å². The first-order chi connectivity index (χ1) is 14.7. The Kier molecular flexibility index (Phi) is 6.99. The second kappa shape index (κ2) is 9.51. The van der Waals surface area contributed by atoms with Crippen molar-refractivity contribution in [1.82, 2.24) is 20.6 Å². The summed E-state index contributed by atoms with van der Waals surface area (Å²) in [6, 6.07) is 12.2. The Balaban J connectivity index is 1.63. The molecular formula is C21H23ClN4O4S. The van der Waals surface area contributed by atoms with Crippen LogP contribution < -0.4 is 15.6 Å². The molecule has 8 nitrogen and oxygen atoms in total. The number of sulfonamides is 1. The third kappa shape index (κ3) is 5.63. The van der Waals surface area contributed by atoms with Gasteiger partial charge in [-0.25, -0.2) is 8.42 Å². The van der Waals surface area contributed by atoms with Crippen molar-refractivity contribution in [3.63, 3.8) is 0 Å². The van der Waals surface area contributed by atoms with Crippen molar-refractivity contribution in [2.24, 2.45) is 5.92 Å². The SMILES string of the molecule is CC(C)[C@H](NS(=O)(=O)c1cccc(Cl)c1)C(=O)NNC(=O)Cc1c[nH]c2ccccc12. The molecule has 0 aliphatic heterocycles. The van der Waals surface area contributed by atoms with Gasteiger partial charge >= 0.3 is 0 Å². The fourth-order valence-corrected chi connectivity index (χ4v) is 4.71. The third-order valence-corrected chi connectivity index (χ3v) is 6.36. The molecule has 31 heavy (non-hydrogen) atoms. The highest BCUT2D eigenvalue weighted by Crippen LogP contribution is 2.18. The van der Waals surface area contributed by atoms with E-state index in [2.05, 4.69) is 20.6 Å². The van der Waals surface area contributed by atoms with Gasteiger partial charge in [-0.05, 0) is 35.7 Å². The van der Waals surface area contributed by atoms with E-state index in [-0.39, 0.29) is 22.3 Å². The number of nitrogens with one attached hydrogen (secondary N) is 4. The molecule has 0 saturated carbocycles. The summed E-state index contributed by atoms with van der Waals surface area (Å²) >= 11 is 5.87. The molecule has 3 aromatic rings. The zero-order chi connectivity index (χ0) is 22.6. The molecule has 1 aromatic heterocycles. The third-order valence-electron chi connectivity index (χ3n) is 4.69. The lowest BCUT2D eigenvalue weighted by Gasteiger charge is -2.21. The van der Waals surface area contributed by atoms with Gasteiger partial charge in [-0.2, -0.15) is 4.72 Å². The highest BCUT2D eigenvalue weighted by molar-refractivity contribution is 7.89. The maximum absolute atomic E-state index is 12.6. The first-order valence-corrected chi connectivity index (χ1v) is 11.4. The monoisotopic (exact) mass is 462 g/mol. The van der Waals surface area contributed by atoms with Crippen LogP contribution >= 0.6 is 11.6 Å². The van der Waals surface area contributed by atoms with Crippen LogP contribution in [0.5, 0.6) is 0 Å². The molecule has 0 bridgehead atoms. The lowest BCUT2D eigenvalue weighted by Crippen LogP contribution is -2.54. The van der Waals surface area contributed by atoms with E-state index < -0.39 is 27.9 Å². The van der Waals surface area contributed by atoms with Gasteiger partial charge in [0.1, 0.15) is 6.04 Å². The standard InChI is InChI=1S/C21H23ClN4O4S/c1-13(2)20(26-31(29,30)16-7-5-6-15(22)11-16)21(28)25-24-19(27)10-14-12-23-18-9-4-3-8-17(14)18/h3-9,11-13,20,23,26H,10H2,1-2H3,(H,24,27)(H,25,28)/t20-/m0/s1. The maximum Gasteiger partial charge on any atom is 0.256 e. The molecule has 0 saturated heterocycles. The lowest BCUT2D eigenvalue weighted by molar-refractivity contribution is -0.130. The van der Waals surface area contributed by atoms with E-state index in [4.69, 9.17) is 11.6 Å². The Bertz CT molecular complexity index is 1210. The summed E-state index contributed by atoms with van der Waals surface area (Å²) in [5.41, 5.74) is 6.34. The zero-order valence-electron chi connectivity index (χ0n) is 17.0. The molecule has 2 amide bonds. The van der Waals surface area contributed by atoms with Gasteiger partial charge in [0.2, 0.25) is 15.9 Å². The van der Waals surface area contributed by atoms with Gasteiger partial charge in [-0.3, -0.25) is 20.4 Å². The molecule has 0 aliphatic carbocycles. The average molecular weight is 463 g/mol. The number of hydrazine groups is 1. The number of carbonyl (C=O) groups is 2. The fraction of sp³-hybridized carbons (Fsp3) is 0.238. The number of hydrogen-bond acceptors (Lipinski definition) is 4. The van der Waals surface area contributed by atoms with Crippen molar-refractivity contribution in [2.45, 2.75) is 31.2 Å². The van der Waals surface area contributed by atoms with Crippen molar-refractivity contribution < 1.29 is 18.0 Å². The Labute approximate surface area is 185 Å². The number of carbonyl (C=O) groups excluding carboxylic acids is 2. The Morgan fingerprint density at radius 1 is 1.06 bits per heavy atom. The van der Waals surface area contributed by atoms with E-state index in [1.807, 2.05) is 24.3 Å². The van der Waals surface area contributed by atoms with Crippen LogP contribution in [0, 0.1) is 5.92 Å². The van der Waals surface area contributed by atoms with Crippen LogP contribution in [-0.4, -0.2) is 31.3 Å². The van der Waals surface area contributed by atoms with Crippen LogP contribution in [0.1, 0.15) is 19.4 Å². The van der Waals surface area contributed by atoms with E-state index in [9.17, 15) is 18.0 Å². The van der Waals surface area contributed by atoms with Crippen LogP contribution in [0.25, 0.3) is 10.9 Å². The minimum Gasteiger partial charge on any atom is -0.361 e. The van der Waals surface area contributed by atoms with Crippen LogP contribution in [0.3, 0.4) is 0 Å². The molecule has 2 aromatic carbocycles. The van der Waals surface area contributed by atoms with Crippen molar-refractivity contribution in [2.75, 3.05) is 0 Å². The summed E-state index contributed by atoms with van der Waals surface area (Å²) in [7, 11) is -3.99. The number of fused-ring (bicyclic) bond motifs is 1. The molecule has 0 spiro atoms. The van der Waals surface area contributed by atoms with Crippen molar-refractivity contribution in [3.05, 3.63) is 65.3 Å². The summed E-state index contributed by atoms with van der Waals surface area (Å²) < 4.78 is 27.6. The molecule has 164 valence electrons. The predicted octanol–water partition coefficient (Wildman–Crippen LogP) is 2.51. The van der Waals surface area contributed by atoms with Gasteiger partial charge in [-0.15, -0.1) is 0 Å². The number of halogens is 1. The van der Waals surface area contributed by atoms with Gasteiger partial charge in [0.05, 0.1) is 11.3 Å². The molecule has 0 fully saturated rings. The van der Waals surface area contributed by atoms with E-state index >= 15 is 0 Å². The predicted molar refractivity (Wildman–Crippen MR) is 119 cm³/mol. The molecule has 0 radical (unpaired) electrons. The molecule has 1 atom stereocenters. The van der Waals surface area contributed by atoms with E-state index in [0.29, 0.717) is 0 Å². The maximum atomic E-state index is 12.6. The van der Waals surface area contributed by atoms with E-state index in [1.54, 1.807) is 26.1 Å². The number of aromatic nitrogens is 1. The molecule has 3 rings (SSSR count). The molecule has 1 heterocycles. The molecule has 0 aliphatic rings. The summed E-state index contributed by atoms with van der Waals surface area (Å²) in [6.07, 6.45) is 1.78. The van der Waals surface area contributed by atoms with Crippen molar-refractivity contribution in [3.8, 4) is 0 Å². The first-order valence-electron chi connectivity index (χ1n) is 9.59. The summed E-state index contributed by atoms with van der Waals surface area (Å²) in [4.78, 5) is 27.9. The summed E-state index contributed by atoms with van der Waals surface area (Å²) in [5, 5.41) is 1.18. The number of amides is 2. The van der Waals surface area contributed by atoms with Crippen molar-refractivity contribution >= 4 is 44.3 Å². The molecule has 4 N–H and O–H groups in total. The molecule has 10 heteroatoms. The fourth-order valence-electron chi connectivity index (χ4n) is 3.07. The average Bonchev–Trinajstić information content (AvgIpc) is 3.13. The highest BCUT2D eigenvalue weighted by atomic mass is 35.5. The van der Waals surface area contributed by atoms with Crippen LogP contribution in [-0.2, 0) is 26.0 Å². The Morgan fingerprint density at radius 2 is 1.81 bits per heavy atom. The zero-order valence-corrected chi connectivity index (χ0v) is 18.5. The van der Waals surface area contributed by atoms with Crippen LogP contribution in [0.2, 0.25) is 5.02 Å². The largest absolute Gasteiger partial charge is 0.361 e. The van der Waals surface area contributed by atoms with Gasteiger partial charge in [-0.1, -0.05) is 49.7 Å². The number of hydrogen-bond donors (Lipinski definition) is 4. The second-order valence-corrected chi connectivity index (χ2v) is 9.52. The Morgan fingerprint density at radius 3 is 2.52 bits per heavy atom. The summed E-state index contributed by atoms with van der Waals surface area (Å²) in [6.45, 7) is 3.39. The topological polar surface area (TPSA) is 120 Å². The van der Waals surface area contributed by atoms with Crippen LogP contribution in [0.15, 0.2) is 59.6 Å². The Hall–Kier alpha value is -2.88. The lowest BCUT2D eigenvalue weighted by atomic mass is 10.1. The second-order valence-electron chi connectivity index (χ2n) is 7.37. The number of para-hydroxylation sites is 1. The normalized spacial score (nSPS) is 12.6. The van der Waals surface area contributed by atoms with Gasteiger partial charge < -0.3 is 4.98 Å². The van der Waals surface area contributed by atoms with Gasteiger partial charge in [0.25, 0.3) is 5.91 Å². The summed E-state index contributed by atoms with van der Waals surface area (Å²) in [5.74, 6) is -1.48. The number of H-pyrrole nitrogens is 1. The number of benzene rings is 2. The van der Waals surface area contributed by atoms with Crippen LogP contribution in [0.4, 0.5) is 0 Å². The molecule has 0 unspecified atom stereocenters. The van der Waals surface area contributed by atoms with Gasteiger partial charge in [0, 0.05) is 22.1 Å². The van der Waals surface area contributed by atoms with Crippen molar-refractivity contribution in [1.29, 1.82) is 0 Å². The number of rotatable bonds is 7. The van der Waals surface area contributed by atoms with E-state index in [0.717, 1.165) is 16.5 Å².